The SMILES string of the molecule is COc1cc2ncnc(NC(C)c3ccccc3)c2cc1OCCBr. The zero-order valence-electron chi connectivity index (χ0n) is 14.2. The zero-order chi connectivity index (χ0) is 17.6. The van der Waals surface area contributed by atoms with Crippen LogP contribution in [0.4, 0.5) is 5.82 Å². The molecule has 0 saturated carbocycles. The van der Waals surface area contributed by atoms with Gasteiger partial charge in [-0.1, -0.05) is 46.3 Å². The van der Waals surface area contributed by atoms with Gasteiger partial charge in [0, 0.05) is 22.8 Å². The van der Waals surface area contributed by atoms with Crippen molar-refractivity contribution in [3.05, 3.63) is 54.4 Å². The van der Waals surface area contributed by atoms with Gasteiger partial charge in [0.05, 0.1) is 19.2 Å². The number of fused-ring (bicyclic) bond motifs is 1. The van der Waals surface area contributed by atoms with Crippen molar-refractivity contribution in [3.8, 4) is 11.5 Å². The van der Waals surface area contributed by atoms with Gasteiger partial charge in [0.25, 0.3) is 0 Å². The molecule has 5 nitrogen and oxygen atoms in total. The van der Waals surface area contributed by atoms with Crippen molar-refractivity contribution < 1.29 is 9.47 Å². The molecule has 130 valence electrons. The Kier molecular flexibility index (Phi) is 5.71. The minimum absolute atomic E-state index is 0.119. The van der Waals surface area contributed by atoms with Crippen LogP contribution >= 0.6 is 15.9 Å². The van der Waals surface area contributed by atoms with Crippen LogP contribution in [0.5, 0.6) is 11.5 Å². The van der Waals surface area contributed by atoms with Gasteiger partial charge in [0.1, 0.15) is 12.1 Å². The number of aromatic nitrogens is 2. The maximum absolute atomic E-state index is 5.77. The summed E-state index contributed by atoms with van der Waals surface area (Å²) in [6.45, 7) is 2.66. The molecule has 2 aromatic carbocycles. The van der Waals surface area contributed by atoms with Crippen molar-refractivity contribution in [2.75, 3.05) is 24.4 Å². The van der Waals surface area contributed by atoms with Crippen LogP contribution < -0.4 is 14.8 Å². The first-order valence-electron chi connectivity index (χ1n) is 8.06. The summed E-state index contributed by atoms with van der Waals surface area (Å²) >= 11 is 3.37. The summed E-state index contributed by atoms with van der Waals surface area (Å²) < 4.78 is 11.2. The van der Waals surface area contributed by atoms with E-state index in [-0.39, 0.29) is 6.04 Å². The molecular weight excluding hydrogens is 382 g/mol. The van der Waals surface area contributed by atoms with Crippen LogP contribution in [0.25, 0.3) is 10.9 Å². The number of halogens is 1. The number of nitrogens with one attached hydrogen (secondary N) is 1. The average molecular weight is 402 g/mol. The van der Waals surface area contributed by atoms with E-state index in [2.05, 4.69) is 50.3 Å². The van der Waals surface area contributed by atoms with Gasteiger partial charge in [-0.25, -0.2) is 9.97 Å². The predicted octanol–water partition coefficient (Wildman–Crippen LogP) is 4.59. The minimum Gasteiger partial charge on any atom is -0.493 e. The summed E-state index contributed by atoms with van der Waals surface area (Å²) in [5.41, 5.74) is 2.00. The van der Waals surface area contributed by atoms with Crippen molar-refractivity contribution in [2.45, 2.75) is 13.0 Å². The van der Waals surface area contributed by atoms with Crippen molar-refractivity contribution in [1.29, 1.82) is 0 Å². The molecule has 3 rings (SSSR count). The number of rotatable bonds is 7. The monoisotopic (exact) mass is 401 g/mol. The van der Waals surface area contributed by atoms with E-state index in [0.29, 0.717) is 18.1 Å². The molecule has 0 aliphatic heterocycles. The van der Waals surface area contributed by atoms with E-state index in [4.69, 9.17) is 9.47 Å². The van der Waals surface area contributed by atoms with Crippen LogP contribution in [-0.2, 0) is 0 Å². The topological polar surface area (TPSA) is 56.3 Å². The normalized spacial score (nSPS) is 12.0. The Morgan fingerprint density at radius 1 is 1.12 bits per heavy atom. The second-order valence-corrected chi connectivity index (χ2v) is 6.35. The highest BCUT2D eigenvalue weighted by atomic mass is 79.9. The Labute approximate surface area is 155 Å². The molecule has 0 amide bonds. The maximum Gasteiger partial charge on any atom is 0.162 e. The number of hydrogen-bond donors (Lipinski definition) is 1. The second-order valence-electron chi connectivity index (χ2n) is 5.56. The number of anilines is 1. The largest absolute Gasteiger partial charge is 0.493 e. The highest BCUT2D eigenvalue weighted by Gasteiger charge is 2.13. The Hall–Kier alpha value is -2.34. The molecule has 0 saturated heterocycles. The van der Waals surface area contributed by atoms with Crippen LogP contribution in [0.3, 0.4) is 0 Å². The van der Waals surface area contributed by atoms with Crippen molar-refractivity contribution in [1.82, 2.24) is 9.97 Å². The van der Waals surface area contributed by atoms with Gasteiger partial charge < -0.3 is 14.8 Å². The minimum atomic E-state index is 0.119. The van der Waals surface area contributed by atoms with Gasteiger partial charge in [-0.3, -0.25) is 0 Å². The zero-order valence-corrected chi connectivity index (χ0v) is 15.8. The van der Waals surface area contributed by atoms with E-state index in [0.717, 1.165) is 22.1 Å². The van der Waals surface area contributed by atoms with Gasteiger partial charge in [-0.2, -0.15) is 0 Å². The first-order chi connectivity index (χ1) is 12.2. The number of hydrogen-bond acceptors (Lipinski definition) is 5. The smallest absolute Gasteiger partial charge is 0.162 e. The van der Waals surface area contributed by atoms with Gasteiger partial charge in [0.15, 0.2) is 11.5 Å². The molecule has 3 aromatic rings. The molecule has 0 bridgehead atoms. The number of nitrogens with zero attached hydrogens (tertiary/aromatic N) is 2. The summed E-state index contributed by atoms with van der Waals surface area (Å²) in [6, 6.07) is 14.2. The van der Waals surface area contributed by atoms with Crippen LogP contribution in [0, 0.1) is 0 Å². The Morgan fingerprint density at radius 3 is 2.64 bits per heavy atom. The third kappa shape index (κ3) is 4.02. The van der Waals surface area contributed by atoms with Crippen LogP contribution in [0.2, 0.25) is 0 Å². The molecule has 0 spiro atoms. The molecule has 25 heavy (non-hydrogen) atoms. The summed E-state index contributed by atoms with van der Waals surface area (Å²) in [6.07, 6.45) is 1.56. The van der Waals surface area contributed by atoms with Gasteiger partial charge in [-0.15, -0.1) is 0 Å². The molecule has 1 atom stereocenters. The molecule has 6 heteroatoms. The highest BCUT2D eigenvalue weighted by Crippen LogP contribution is 2.34. The van der Waals surface area contributed by atoms with E-state index in [1.165, 1.54) is 5.56 Å². The molecule has 1 N–H and O–H groups in total. The molecular formula is C19H20BrN3O2. The molecule has 0 fully saturated rings. The van der Waals surface area contributed by atoms with Crippen LogP contribution in [0.15, 0.2) is 48.8 Å². The van der Waals surface area contributed by atoms with Crippen molar-refractivity contribution in [3.63, 3.8) is 0 Å². The third-order valence-corrected chi connectivity index (χ3v) is 4.23. The fourth-order valence-electron chi connectivity index (χ4n) is 2.63. The molecule has 1 heterocycles. The van der Waals surface area contributed by atoms with Gasteiger partial charge in [0.2, 0.25) is 0 Å². The van der Waals surface area contributed by atoms with E-state index in [9.17, 15) is 0 Å². The quantitative estimate of drug-likeness (QED) is 0.586. The lowest BCUT2D eigenvalue weighted by molar-refractivity contribution is 0.315. The Morgan fingerprint density at radius 2 is 1.92 bits per heavy atom. The van der Waals surface area contributed by atoms with Gasteiger partial charge >= 0.3 is 0 Å². The lowest BCUT2D eigenvalue weighted by Gasteiger charge is -2.17. The average Bonchev–Trinajstić information content (AvgIpc) is 2.66. The Bertz CT molecular complexity index is 843. The van der Waals surface area contributed by atoms with E-state index in [1.807, 2.05) is 30.3 Å². The van der Waals surface area contributed by atoms with Crippen LogP contribution in [0.1, 0.15) is 18.5 Å². The standard InChI is InChI=1S/C19H20BrN3O2/c1-13(14-6-4-3-5-7-14)23-19-15-10-18(25-9-8-20)17(24-2)11-16(15)21-12-22-19/h3-7,10-13H,8-9H2,1-2H3,(H,21,22,23). The number of alkyl halides is 1. The van der Waals surface area contributed by atoms with E-state index in [1.54, 1.807) is 13.4 Å². The lowest BCUT2D eigenvalue weighted by atomic mass is 10.1. The van der Waals surface area contributed by atoms with Crippen LogP contribution in [-0.4, -0.2) is 29.0 Å². The molecule has 1 aromatic heterocycles. The summed E-state index contributed by atoms with van der Waals surface area (Å²) in [5.74, 6) is 2.11. The fraction of sp³-hybridized carbons (Fsp3) is 0.263. The first kappa shape index (κ1) is 17.5. The number of methoxy groups -OCH3 is 1. The van der Waals surface area contributed by atoms with E-state index >= 15 is 0 Å². The molecule has 0 aliphatic rings. The summed E-state index contributed by atoms with van der Waals surface area (Å²) in [7, 11) is 1.62. The third-order valence-electron chi connectivity index (χ3n) is 3.91. The first-order valence-corrected chi connectivity index (χ1v) is 9.18. The molecule has 1 unspecified atom stereocenters. The van der Waals surface area contributed by atoms with Crippen molar-refractivity contribution >= 4 is 32.7 Å². The summed E-state index contributed by atoms with van der Waals surface area (Å²) in [4.78, 5) is 8.78. The molecule has 0 aliphatic carbocycles. The van der Waals surface area contributed by atoms with E-state index < -0.39 is 0 Å². The second kappa shape index (κ2) is 8.16. The Balaban J connectivity index is 1.97. The lowest BCUT2D eigenvalue weighted by Crippen LogP contribution is -2.09. The summed E-state index contributed by atoms with van der Waals surface area (Å²) in [5, 5.41) is 5.11. The molecule has 0 radical (unpaired) electrons. The highest BCUT2D eigenvalue weighted by molar-refractivity contribution is 9.09. The fourth-order valence-corrected chi connectivity index (χ4v) is 2.79. The van der Waals surface area contributed by atoms with Crippen molar-refractivity contribution in [2.24, 2.45) is 0 Å². The maximum atomic E-state index is 5.77. The predicted molar refractivity (Wildman–Crippen MR) is 104 cm³/mol. The number of ether oxygens (including phenoxy) is 2. The number of benzene rings is 2. The van der Waals surface area contributed by atoms with Gasteiger partial charge in [-0.05, 0) is 18.6 Å².